The van der Waals surface area contributed by atoms with Gasteiger partial charge in [-0.1, -0.05) is 44.2 Å². The van der Waals surface area contributed by atoms with E-state index in [1.807, 2.05) is 44.2 Å². The van der Waals surface area contributed by atoms with Gasteiger partial charge in [0, 0.05) is 12.0 Å². The summed E-state index contributed by atoms with van der Waals surface area (Å²) in [6.45, 7) is 4.20. The first kappa shape index (κ1) is 19.2. The summed E-state index contributed by atoms with van der Waals surface area (Å²) in [6.07, 6.45) is 2.22. The fourth-order valence-corrected chi connectivity index (χ4v) is 3.31. The first-order valence-corrected chi connectivity index (χ1v) is 9.34. The topological polar surface area (TPSA) is 50.4 Å². The molecule has 0 aromatic heterocycles. The molecule has 1 unspecified atom stereocenters. The van der Waals surface area contributed by atoms with E-state index >= 15 is 0 Å². The van der Waals surface area contributed by atoms with Crippen molar-refractivity contribution in [2.24, 2.45) is 5.92 Å². The summed E-state index contributed by atoms with van der Waals surface area (Å²) in [5.74, 6) is 1.01. The molecule has 144 valence electrons. The highest BCUT2D eigenvalue weighted by atomic mass is 19.1. The molecule has 1 atom stereocenters. The van der Waals surface area contributed by atoms with Gasteiger partial charge < -0.3 is 15.4 Å². The van der Waals surface area contributed by atoms with E-state index in [9.17, 15) is 9.18 Å². The van der Waals surface area contributed by atoms with Gasteiger partial charge in [-0.3, -0.25) is 0 Å². The number of urea groups is 1. The minimum absolute atomic E-state index is 0.0209. The molecule has 0 bridgehead atoms. The summed E-state index contributed by atoms with van der Waals surface area (Å²) in [5.41, 5.74) is 1.17. The van der Waals surface area contributed by atoms with E-state index in [1.165, 1.54) is 6.07 Å². The molecule has 2 amide bonds. The predicted octanol–water partition coefficient (Wildman–Crippen LogP) is 4.56. The number of hydrogen-bond donors (Lipinski definition) is 2. The van der Waals surface area contributed by atoms with Crippen LogP contribution in [0.3, 0.4) is 0 Å². The maximum atomic E-state index is 14.1. The molecule has 1 saturated carbocycles. The van der Waals surface area contributed by atoms with E-state index in [1.54, 1.807) is 19.2 Å². The van der Waals surface area contributed by atoms with E-state index < -0.39 is 5.41 Å². The van der Waals surface area contributed by atoms with Crippen LogP contribution in [0.15, 0.2) is 48.5 Å². The molecule has 2 N–H and O–H groups in total. The Balaban J connectivity index is 1.62. The first-order valence-electron chi connectivity index (χ1n) is 9.34. The molecule has 5 heteroatoms. The average molecular weight is 370 g/mol. The van der Waals surface area contributed by atoms with Crippen molar-refractivity contribution in [3.8, 4) is 5.75 Å². The van der Waals surface area contributed by atoms with Gasteiger partial charge in [-0.25, -0.2) is 9.18 Å². The summed E-state index contributed by atoms with van der Waals surface area (Å²) < 4.78 is 19.3. The van der Waals surface area contributed by atoms with Crippen molar-refractivity contribution < 1.29 is 13.9 Å². The normalized spacial score (nSPS) is 15.1. The third kappa shape index (κ3) is 4.79. The molecule has 1 fully saturated rings. The van der Waals surface area contributed by atoms with Crippen LogP contribution in [0.4, 0.5) is 9.18 Å². The SMILES string of the molecule is COc1ccc(C(NC(=O)NCC(C)(C)c2ccccc2F)C2CC2)cc1. The Hall–Kier alpha value is -2.56. The van der Waals surface area contributed by atoms with E-state index in [0.717, 1.165) is 24.2 Å². The number of carbonyl (C=O) groups is 1. The molecule has 1 aliphatic carbocycles. The number of methoxy groups -OCH3 is 1. The molecule has 0 heterocycles. The lowest BCUT2D eigenvalue weighted by atomic mass is 9.84. The zero-order valence-electron chi connectivity index (χ0n) is 16.1. The number of carbonyl (C=O) groups excluding carboxylic acids is 1. The second kappa shape index (κ2) is 7.99. The smallest absolute Gasteiger partial charge is 0.315 e. The second-order valence-electron chi connectivity index (χ2n) is 7.78. The van der Waals surface area contributed by atoms with Crippen LogP contribution in [-0.4, -0.2) is 19.7 Å². The number of hydrogen-bond acceptors (Lipinski definition) is 2. The highest BCUT2D eigenvalue weighted by Gasteiger charge is 2.34. The lowest BCUT2D eigenvalue weighted by molar-refractivity contribution is 0.233. The number of ether oxygens (including phenoxy) is 1. The predicted molar refractivity (Wildman–Crippen MR) is 104 cm³/mol. The summed E-state index contributed by atoms with van der Waals surface area (Å²) in [5, 5.41) is 6.00. The number of nitrogens with one attached hydrogen (secondary N) is 2. The van der Waals surface area contributed by atoms with Gasteiger partial charge in [0.1, 0.15) is 11.6 Å². The summed E-state index contributed by atoms with van der Waals surface area (Å²) in [6, 6.07) is 14.2. The van der Waals surface area contributed by atoms with Gasteiger partial charge in [0.2, 0.25) is 0 Å². The Morgan fingerprint density at radius 1 is 1.19 bits per heavy atom. The monoisotopic (exact) mass is 370 g/mol. The molecule has 0 spiro atoms. The largest absolute Gasteiger partial charge is 0.497 e. The summed E-state index contributed by atoms with van der Waals surface area (Å²) in [4.78, 5) is 12.5. The average Bonchev–Trinajstić information content (AvgIpc) is 3.50. The molecule has 1 aliphatic rings. The van der Waals surface area contributed by atoms with Crippen molar-refractivity contribution in [2.75, 3.05) is 13.7 Å². The van der Waals surface area contributed by atoms with Crippen molar-refractivity contribution in [3.63, 3.8) is 0 Å². The molecule has 2 aromatic carbocycles. The zero-order valence-corrected chi connectivity index (χ0v) is 16.1. The molecule has 4 nitrogen and oxygen atoms in total. The van der Waals surface area contributed by atoms with Crippen LogP contribution in [-0.2, 0) is 5.41 Å². The maximum Gasteiger partial charge on any atom is 0.315 e. The lowest BCUT2D eigenvalue weighted by Gasteiger charge is -2.27. The quantitative estimate of drug-likeness (QED) is 0.750. The van der Waals surface area contributed by atoms with E-state index in [-0.39, 0.29) is 17.9 Å². The molecule has 3 rings (SSSR count). The van der Waals surface area contributed by atoms with Crippen molar-refractivity contribution in [3.05, 3.63) is 65.5 Å². The molecule has 0 aliphatic heterocycles. The number of benzene rings is 2. The first-order chi connectivity index (χ1) is 12.9. The van der Waals surface area contributed by atoms with Crippen LogP contribution in [0.2, 0.25) is 0 Å². The van der Waals surface area contributed by atoms with Gasteiger partial charge in [-0.2, -0.15) is 0 Å². The molecular formula is C22H27FN2O2. The van der Waals surface area contributed by atoms with Crippen LogP contribution in [0, 0.1) is 11.7 Å². The summed E-state index contributed by atoms with van der Waals surface area (Å²) in [7, 11) is 1.64. The van der Waals surface area contributed by atoms with Crippen LogP contribution in [0.5, 0.6) is 5.75 Å². The number of amides is 2. The van der Waals surface area contributed by atoms with Crippen LogP contribution < -0.4 is 15.4 Å². The Kier molecular flexibility index (Phi) is 5.68. The minimum Gasteiger partial charge on any atom is -0.497 e. The Morgan fingerprint density at radius 2 is 1.85 bits per heavy atom. The second-order valence-corrected chi connectivity index (χ2v) is 7.78. The highest BCUT2D eigenvalue weighted by Crippen LogP contribution is 2.41. The highest BCUT2D eigenvalue weighted by molar-refractivity contribution is 5.74. The van der Waals surface area contributed by atoms with Crippen LogP contribution in [0.25, 0.3) is 0 Å². The molecule has 0 radical (unpaired) electrons. The molecule has 0 saturated heterocycles. The van der Waals surface area contributed by atoms with Crippen molar-refractivity contribution >= 4 is 6.03 Å². The van der Waals surface area contributed by atoms with E-state index in [2.05, 4.69) is 10.6 Å². The standard InChI is InChI=1S/C22H27FN2O2/c1-22(2,18-6-4-5-7-19(18)23)14-24-21(26)25-20(15-8-9-15)16-10-12-17(27-3)13-11-16/h4-7,10-13,15,20H,8-9,14H2,1-3H3,(H2,24,25,26). The van der Waals surface area contributed by atoms with E-state index in [0.29, 0.717) is 18.0 Å². The number of halogens is 1. The third-order valence-electron chi connectivity index (χ3n) is 5.15. The van der Waals surface area contributed by atoms with Crippen molar-refractivity contribution in [1.29, 1.82) is 0 Å². The fourth-order valence-electron chi connectivity index (χ4n) is 3.31. The molecule has 27 heavy (non-hydrogen) atoms. The molecular weight excluding hydrogens is 343 g/mol. The lowest BCUT2D eigenvalue weighted by Crippen LogP contribution is -2.44. The Bertz CT molecular complexity index is 785. The van der Waals surface area contributed by atoms with Crippen LogP contribution >= 0.6 is 0 Å². The van der Waals surface area contributed by atoms with Gasteiger partial charge in [-0.05, 0) is 48.1 Å². The van der Waals surface area contributed by atoms with Crippen molar-refractivity contribution in [2.45, 2.75) is 38.1 Å². The van der Waals surface area contributed by atoms with E-state index in [4.69, 9.17) is 4.74 Å². The third-order valence-corrected chi connectivity index (χ3v) is 5.15. The number of rotatable bonds is 7. The minimum atomic E-state index is -0.502. The zero-order chi connectivity index (χ0) is 19.4. The van der Waals surface area contributed by atoms with Gasteiger partial charge in [0.15, 0.2) is 0 Å². The fraction of sp³-hybridized carbons (Fsp3) is 0.409. The Labute approximate surface area is 160 Å². The van der Waals surface area contributed by atoms with Gasteiger partial charge in [0.05, 0.1) is 13.2 Å². The summed E-state index contributed by atoms with van der Waals surface area (Å²) >= 11 is 0. The Morgan fingerprint density at radius 3 is 2.44 bits per heavy atom. The van der Waals surface area contributed by atoms with Gasteiger partial charge in [-0.15, -0.1) is 0 Å². The van der Waals surface area contributed by atoms with Crippen LogP contribution in [0.1, 0.15) is 43.9 Å². The van der Waals surface area contributed by atoms with Gasteiger partial charge in [0.25, 0.3) is 0 Å². The molecule has 2 aromatic rings. The van der Waals surface area contributed by atoms with Gasteiger partial charge >= 0.3 is 6.03 Å². The van der Waals surface area contributed by atoms with Crippen molar-refractivity contribution in [1.82, 2.24) is 10.6 Å². The maximum absolute atomic E-state index is 14.1.